The lowest BCUT2D eigenvalue weighted by molar-refractivity contribution is 0.425. The summed E-state index contributed by atoms with van der Waals surface area (Å²) in [6, 6.07) is 10.0. The SMILES string of the molecule is CC(C)(C)NCc1cc(N)nc2ccccc12. The lowest BCUT2D eigenvalue weighted by Crippen LogP contribution is -2.35. The Bertz CT molecular complexity index is 526. The van der Waals surface area contributed by atoms with Crippen molar-refractivity contribution in [2.24, 2.45) is 0 Å². The van der Waals surface area contributed by atoms with Gasteiger partial charge in [0.15, 0.2) is 0 Å². The number of hydrogen-bond donors (Lipinski definition) is 2. The molecule has 0 radical (unpaired) electrons. The number of aromatic nitrogens is 1. The summed E-state index contributed by atoms with van der Waals surface area (Å²) in [5, 5.41) is 4.64. The normalized spacial score (nSPS) is 11.9. The van der Waals surface area contributed by atoms with Crippen molar-refractivity contribution in [3.05, 3.63) is 35.9 Å². The van der Waals surface area contributed by atoms with Gasteiger partial charge in [0.1, 0.15) is 5.82 Å². The Morgan fingerprint density at radius 3 is 2.65 bits per heavy atom. The monoisotopic (exact) mass is 229 g/mol. The van der Waals surface area contributed by atoms with E-state index in [1.54, 1.807) is 0 Å². The van der Waals surface area contributed by atoms with Gasteiger partial charge in [0, 0.05) is 17.5 Å². The second-order valence-electron chi connectivity index (χ2n) is 5.33. The molecule has 2 aromatic rings. The van der Waals surface area contributed by atoms with Crippen LogP contribution in [-0.2, 0) is 6.54 Å². The fraction of sp³-hybridized carbons (Fsp3) is 0.357. The smallest absolute Gasteiger partial charge is 0.124 e. The number of nitrogens with one attached hydrogen (secondary N) is 1. The van der Waals surface area contributed by atoms with Gasteiger partial charge in [-0.05, 0) is 38.5 Å². The van der Waals surface area contributed by atoms with Crippen molar-refractivity contribution >= 4 is 16.7 Å². The van der Waals surface area contributed by atoms with E-state index in [9.17, 15) is 0 Å². The highest BCUT2D eigenvalue weighted by atomic mass is 14.9. The Balaban J connectivity index is 2.39. The maximum atomic E-state index is 5.83. The maximum Gasteiger partial charge on any atom is 0.124 e. The molecular formula is C14H19N3. The van der Waals surface area contributed by atoms with Crippen LogP contribution < -0.4 is 11.1 Å². The molecule has 3 nitrogen and oxygen atoms in total. The molecule has 3 N–H and O–H groups in total. The van der Waals surface area contributed by atoms with Crippen molar-refractivity contribution in [1.29, 1.82) is 0 Å². The van der Waals surface area contributed by atoms with E-state index < -0.39 is 0 Å². The second-order valence-corrected chi connectivity index (χ2v) is 5.33. The predicted molar refractivity (Wildman–Crippen MR) is 72.7 cm³/mol. The molecule has 2 rings (SSSR count). The van der Waals surface area contributed by atoms with Crippen molar-refractivity contribution in [3.8, 4) is 0 Å². The molecule has 90 valence electrons. The summed E-state index contributed by atoms with van der Waals surface area (Å²) < 4.78 is 0. The van der Waals surface area contributed by atoms with Crippen LogP contribution in [0.1, 0.15) is 26.3 Å². The fourth-order valence-corrected chi connectivity index (χ4v) is 1.78. The Labute approximate surface area is 102 Å². The first-order valence-corrected chi connectivity index (χ1v) is 5.85. The molecule has 1 heterocycles. The first-order valence-electron chi connectivity index (χ1n) is 5.85. The number of nitrogens with two attached hydrogens (primary N) is 1. The molecule has 0 atom stereocenters. The third-order valence-electron chi connectivity index (χ3n) is 2.63. The zero-order valence-electron chi connectivity index (χ0n) is 10.6. The van der Waals surface area contributed by atoms with Crippen molar-refractivity contribution < 1.29 is 0 Å². The molecule has 1 aromatic heterocycles. The Kier molecular flexibility index (Phi) is 3.03. The molecule has 0 aliphatic heterocycles. The van der Waals surface area contributed by atoms with Gasteiger partial charge in [-0.25, -0.2) is 4.98 Å². The van der Waals surface area contributed by atoms with Crippen LogP contribution in [0.5, 0.6) is 0 Å². The summed E-state index contributed by atoms with van der Waals surface area (Å²) in [6.45, 7) is 7.26. The molecule has 0 saturated carbocycles. The van der Waals surface area contributed by atoms with Gasteiger partial charge in [0.25, 0.3) is 0 Å². The molecule has 0 aliphatic rings. The maximum absolute atomic E-state index is 5.83. The number of benzene rings is 1. The Hall–Kier alpha value is -1.61. The second kappa shape index (κ2) is 4.34. The largest absolute Gasteiger partial charge is 0.384 e. The van der Waals surface area contributed by atoms with Gasteiger partial charge in [0.05, 0.1) is 5.52 Å². The number of rotatable bonds is 2. The summed E-state index contributed by atoms with van der Waals surface area (Å²) in [5.74, 6) is 0.578. The third kappa shape index (κ3) is 2.94. The van der Waals surface area contributed by atoms with Gasteiger partial charge >= 0.3 is 0 Å². The minimum atomic E-state index is 0.0964. The highest BCUT2D eigenvalue weighted by Crippen LogP contribution is 2.19. The third-order valence-corrected chi connectivity index (χ3v) is 2.63. The first kappa shape index (κ1) is 11.9. The highest BCUT2D eigenvalue weighted by Gasteiger charge is 2.10. The summed E-state index contributed by atoms with van der Waals surface area (Å²) in [6.07, 6.45) is 0. The molecule has 3 heteroatoms. The van der Waals surface area contributed by atoms with Gasteiger partial charge in [0.2, 0.25) is 0 Å². The molecule has 1 aromatic carbocycles. The lowest BCUT2D eigenvalue weighted by Gasteiger charge is -2.21. The summed E-state index contributed by atoms with van der Waals surface area (Å²) in [7, 11) is 0. The Morgan fingerprint density at radius 1 is 1.24 bits per heavy atom. The average Bonchev–Trinajstić information content (AvgIpc) is 2.24. The fourth-order valence-electron chi connectivity index (χ4n) is 1.78. The van der Waals surface area contributed by atoms with E-state index in [1.165, 1.54) is 10.9 Å². The quantitative estimate of drug-likeness (QED) is 0.832. The first-order chi connectivity index (χ1) is 7.96. The van der Waals surface area contributed by atoms with Crippen LogP contribution in [-0.4, -0.2) is 10.5 Å². The number of hydrogen-bond acceptors (Lipinski definition) is 3. The number of nitrogens with zero attached hydrogens (tertiary/aromatic N) is 1. The number of para-hydroxylation sites is 1. The molecule has 0 aliphatic carbocycles. The van der Waals surface area contributed by atoms with E-state index in [-0.39, 0.29) is 5.54 Å². The van der Waals surface area contributed by atoms with E-state index in [4.69, 9.17) is 5.73 Å². The molecule has 0 spiro atoms. The minimum absolute atomic E-state index is 0.0964. The topological polar surface area (TPSA) is 50.9 Å². The van der Waals surface area contributed by atoms with E-state index in [0.29, 0.717) is 5.82 Å². The lowest BCUT2D eigenvalue weighted by atomic mass is 10.1. The molecule has 0 saturated heterocycles. The van der Waals surface area contributed by atoms with Gasteiger partial charge in [-0.3, -0.25) is 0 Å². The van der Waals surface area contributed by atoms with Crippen molar-refractivity contribution in [2.45, 2.75) is 32.9 Å². The Morgan fingerprint density at radius 2 is 1.94 bits per heavy atom. The van der Waals surface area contributed by atoms with Gasteiger partial charge in [-0.1, -0.05) is 18.2 Å². The van der Waals surface area contributed by atoms with Gasteiger partial charge in [-0.2, -0.15) is 0 Å². The van der Waals surface area contributed by atoms with E-state index in [2.05, 4.69) is 37.1 Å². The molecule has 0 amide bonds. The molecule has 17 heavy (non-hydrogen) atoms. The zero-order chi connectivity index (χ0) is 12.5. The molecular weight excluding hydrogens is 210 g/mol. The van der Waals surface area contributed by atoms with Crippen LogP contribution in [0, 0.1) is 0 Å². The summed E-state index contributed by atoms with van der Waals surface area (Å²) in [4.78, 5) is 4.33. The van der Waals surface area contributed by atoms with E-state index in [1.807, 2.05) is 24.3 Å². The highest BCUT2D eigenvalue weighted by molar-refractivity contribution is 5.83. The number of nitrogen functional groups attached to an aromatic ring is 1. The van der Waals surface area contributed by atoms with Crippen LogP contribution in [0.25, 0.3) is 10.9 Å². The average molecular weight is 229 g/mol. The molecule has 0 bridgehead atoms. The van der Waals surface area contributed by atoms with Crippen LogP contribution in [0.4, 0.5) is 5.82 Å². The minimum Gasteiger partial charge on any atom is -0.384 e. The molecule has 0 fully saturated rings. The number of anilines is 1. The standard InChI is InChI=1S/C14H19N3/c1-14(2,3)16-9-10-8-13(15)17-12-7-5-4-6-11(10)12/h4-8,16H,9H2,1-3H3,(H2,15,17). The van der Waals surface area contributed by atoms with Gasteiger partial charge < -0.3 is 11.1 Å². The molecule has 0 unspecified atom stereocenters. The van der Waals surface area contributed by atoms with Crippen LogP contribution in [0.2, 0.25) is 0 Å². The van der Waals surface area contributed by atoms with Gasteiger partial charge in [-0.15, -0.1) is 0 Å². The van der Waals surface area contributed by atoms with E-state index in [0.717, 1.165) is 12.1 Å². The van der Waals surface area contributed by atoms with Crippen LogP contribution in [0.3, 0.4) is 0 Å². The van der Waals surface area contributed by atoms with E-state index >= 15 is 0 Å². The summed E-state index contributed by atoms with van der Waals surface area (Å²) >= 11 is 0. The van der Waals surface area contributed by atoms with Crippen LogP contribution >= 0.6 is 0 Å². The predicted octanol–water partition coefficient (Wildman–Crippen LogP) is 2.71. The number of pyridine rings is 1. The van der Waals surface area contributed by atoms with Crippen molar-refractivity contribution in [2.75, 3.05) is 5.73 Å². The van der Waals surface area contributed by atoms with Crippen LogP contribution in [0.15, 0.2) is 30.3 Å². The zero-order valence-corrected chi connectivity index (χ0v) is 10.6. The number of fused-ring (bicyclic) bond motifs is 1. The van der Waals surface area contributed by atoms with Crippen molar-refractivity contribution in [1.82, 2.24) is 10.3 Å². The summed E-state index contributed by atoms with van der Waals surface area (Å²) in [5.41, 5.74) is 8.08. The van der Waals surface area contributed by atoms with Crippen molar-refractivity contribution in [3.63, 3.8) is 0 Å².